The number of hydrogen-bond donors (Lipinski definition) is 1. The number of rotatable bonds is 9. The highest BCUT2D eigenvalue weighted by molar-refractivity contribution is 6.05. The fourth-order valence-electron chi connectivity index (χ4n) is 3.17. The number of nitrogens with zero attached hydrogens (tertiary/aromatic N) is 2. The molecule has 0 atom stereocenters. The fraction of sp³-hybridized carbons (Fsp3) is 0.435. The van der Waals surface area contributed by atoms with Crippen LogP contribution in [0.3, 0.4) is 0 Å². The summed E-state index contributed by atoms with van der Waals surface area (Å²) in [5.74, 6) is 0.542. The predicted molar refractivity (Wildman–Crippen MR) is 118 cm³/mol. The molecule has 0 aliphatic rings. The van der Waals surface area contributed by atoms with Crippen LogP contribution in [0.4, 0.5) is 11.4 Å². The number of carbonyl (C=O) groups excluding carboxylic acids is 1. The van der Waals surface area contributed by atoms with Gasteiger partial charge in [-0.3, -0.25) is 9.69 Å². The van der Waals surface area contributed by atoms with Crippen LogP contribution in [-0.4, -0.2) is 50.1 Å². The van der Waals surface area contributed by atoms with E-state index >= 15 is 0 Å². The van der Waals surface area contributed by atoms with E-state index in [0.717, 1.165) is 12.2 Å². The van der Waals surface area contributed by atoms with E-state index in [9.17, 15) is 4.79 Å². The Hall–Kier alpha value is -2.53. The Morgan fingerprint density at radius 3 is 2.14 bits per heavy atom. The maximum absolute atomic E-state index is 12.6. The van der Waals surface area contributed by atoms with Gasteiger partial charge in [-0.15, -0.1) is 0 Å². The standard InChI is InChI=1S/C23H33N3O2/c1-17(2)26(18(3)4)15-16-28-22-10-8-7-9-21(22)24-23(27)19-11-13-20(14-12-19)25(5)6/h7-14,17-18H,15-16H2,1-6H3,(H,24,27). The lowest BCUT2D eigenvalue weighted by Gasteiger charge is -2.30. The Morgan fingerprint density at radius 2 is 1.57 bits per heavy atom. The summed E-state index contributed by atoms with van der Waals surface area (Å²) in [6.07, 6.45) is 0. The van der Waals surface area contributed by atoms with Crippen molar-refractivity contribution < 1.29 is 9.53 Å². The van der Waals surface area contributed by atoms with Crippen LogP contribution in [0, 0.1) is 0 Å². The van der Waals surface area contributed by atoms with Crippen molar-refractivity contribution in [2.24, 2.45) is 0 Å². The molecule has 0 fully saturated rings. The molecule has 5 nitrogen and oxygen atoms in total. The number of benzene rings is 2. The van der Waals surface area contributed by atoms with E-state index in [2.05, 4.69) is 37.9 Å². The van der Waals surface area contributed by atoms with Crippen LogP contribution in [0.2, 0.25) is 0 Å². The van der Waals surface area contributed by atoms with Crippen molar-refractivity contribution in [3.8, 4) is 5.75 Å². The Kier molecular flexibility index (Phi) is 7.88. The van der Waals surface area contributed by atoms with E-state index in [0.29, 0.717) is 35.7 Å². The van der Waals surface area contributed by atoms with Crippen LogP contribution in [0.1, 0.15) is 38.1 Å². The number of nitrogens with one attached hydrogen (secondary N) is 1. The van der Waals surface area contributed by atoms with Crippen molar-refractivity contribution in [1.82, 2.24) is 4.90 Å². The zero-order chi connectivity index (χ0) is 20.7. The summed E-state index contributed by atoms with van der Waals surface area (Å²) in [5, 5.41) is 2.97. The van der Waals surface area contributed by atoms with Crippen molar-refractivity contribution in [2.45, 2.75) is 39.8 Å². The maximum Gasteiger partial charge on any atom is 0.255 e. The molecule has 0 saturated heterocycles. The second-order valence-electron chi connectivity index (χ2n) is 7.67. The smallest absolute Gasteiger partial charge is 0.255 e. The SMILES string of the molecule is CC(C)N(CCOc1ccccc1NC(=O)c1ccc(N(C)C)cc1)C(C)C. The highest BCUT2D eigenvalue weighted by atomic mass is 16.5. The van der Waals surface area contributed by atoms with E-state index in [-0.39, 0.29) is 5.91 Å². The molecule has 2 aromatic rings. The van der Waals surface area contributed by atoms with E-state index < -0.39 is 0 Å². The van der Waals surface area contributed by atoms with Gasteiger partial charge >= 0.3 is 0 Å². The van der Waals surface area contributed by atoms with Crippen molar-refractivity contribution in [3.63, 3.8) is 0 Å². The lowest BCUT2D eigenvalue weighted by atomic mass is 10.2. The molecule has 1 amide bonds. The van der Waals surface area contributed by atoms with Crippen molar-refractivity contribution in [3.05, 3.63) is 54.1 Å². The first-order valence-corrected chi connectivity index (χ1v) is 9.86. The molecule has 0 saturated carbocycles. The predicted octanol–water partition coefficient (Wildman–Crippen LogP) is 4.50. The highest BCUT2D eigenvalue weighted by Gasteiger charge is 2.14. The molecule has 1 N–H and O–H groups in total. The summed E-state index contributed by atoms with van der Waals surface area (Å²) < 4.78 is 5.99. The minimum atomic E-state index is -0.146. The molecule has 0 aromatic heterocycles. The number of para-hydroxylation sites is 2. The van der Waals surface area contributed by atoms with E-state index in [4.69, 9.17) is 4.74 Å². The van der Waals surface area contributed by atoms with Crippen LogP contribution in [0.25, 0.3) is 0 Å². The van der Waals surface area contributed by atoms with E-state index in [1.807, 2.05) is 67.5 Å². The lowest BCUT2D eigenvalue weighted by Crippen LogP contribution is -2.39. The first-order valence-electron chi connectivity index (χ1n) is 9.86. The Balaban J connectivity index is 2.02. The molecule has 0 aliphatic carbocycles. The number of ether oxygens (including phenoxy) is 1. The van der Waals surface area contributed by atoms with Crippen LogP contribution >= 0.6 is 0 Å². The lowest BCUT2D eigenvalue weighted by molar-refractivity contribution is 0.102. The summed E-state index contributed by atoms with van der Waals surface area (Å²) in [7, 11) is 3.95. The molecule has 5 heteroatoms. The van der Waals surface area contributed by atoms with Crippen LogP contribution in [0.5, 0.6) is 5.75 Å². The van der Waals surface area contributed by atoms with Crippen LogP contribution < -0.4 is 15.0 Å². The van der Waals surface area contributed by atoms with Crippen LogP contribution in [-0.2, 0) is 0 Å². The minimum absolute atomic E-state index is 0.146. The highest BCUT2D eigenvalue weighted by Crippen LogP contribution is 2.25. The van der Waals surface area contributed by atoms with E-state index in [1.165, 1.54) is 0 Å². The molecule has 2 rings (SSSR count). The third-order valence-corrected chi connectivity index (χ3v) is 4.71. The quantitative estimate of drug-likeness (QED) is 0.692. The van der Waals surface area contributed by atoms with E-state index in [1.54, 1.807) is 0 Å². The Labute approximate surface area is 169 Å². The van der Waals surface area contributed by atoms with Gasteiger partial charge in [-0.25, -0.2) is 0 Å². The summed E-state index contributed by atoms with van der Waals surface area (Å²) in [6, 6.07) is 16.0. The van der Waals surface area contributed by atoms with Gasteiger partial charge < -0.3 is 15.0 Å². The zero-order valence-corrected chi connectivity index (χ0v) is 17.9. The molecule has 0 bridgehead atoms. The minimum Gasteiger partial charge on any atom is -0.490 e. The first kappa shape index (κ1) is 21.8. The topological polar surface area (TPSA) is 44.8 Å². The van der Waals surface area contributed by atoms with Crippen molar-refractivity contribution in [1.29, 1.82) is 0 Å². The van der Waals surface area contributed by atoms with Crippen molar-refractivity contribution >= 4 is 17.3 Å². The monoisotopic (exact) mass is 383 g/mol. The van der Waals surface area contributed by atoms with Gasteiger partial charge in [0.1, 0.15) is 12.4 Å². The summed E-state index contributed by atoms with van der Waals surface area (Å²) in [4.78, 5) is 17.0. The molecule has 0 heterocycles. The number of carbonyl (C=O) groups is 1. The Bertz CT molecular complexity index is 747. The van der Waals surface area contributed by atoms with Gasteiger partial charge in [0.25, 0.3) is 5.91 Å². The van der Waals surface area contributed by atoms with Crippen LogP contribution in [0.15, 0.2) is 48.5 Å². The molecule has 152 valence electrons. The molecular formula is C23H33N3O2. The average Bonchev–Trinajstić information content (AvgIpc) is 2.65. The number of hydrogen-bond acceptors (Lipinski definition) is 4. The third-order valence-electron chi connectivity index (χ3n) is 4.71. The normalized spacial score (nSPS) is 11.2. The summed E-state index contributed by atoms with van der Waals surface area (Å²) in [5.41, 5.74) is 2.36. The number of amides is 1. The third kappa shape index (κ3) is 5.99. The van der Waals surface area contributed by atoms with Gasteiger partial charge in [0.2, 0.25) is 0 Å². The molecule has 2 aromatic carbocycles. The second-order valence-corrected chi connectivity index (χ2v) is 7.67. The average molecular weight is 384 g/mol. The Morgan fingerprint density at radius 1 is 0.964 bits per heavy atom. The first-order chi connectivity index (χ1) is 13.3. The van der Waals surface area contributed by atoms with Gasteiger partial charge in [0.05, 0.1) is 5.69 Å². The number of anilines is 2. The van der Waals surface area contributed by atoms with Gasteiger partial charge in [-0.2, -0.15) is 0 Å². The fourth-order valence-corrected chi connectivity index (χ4v) is 3.17. The van der Waals surface area contributed by atoms with Gasteiger partial charge in [0, 0.05) is 44.0 Å². The maximum atomic E-state index is 12.6. The zero-order valence-electron chi connectivity index (χ0n) is 17.9. The van der Waals surface area contributed by atoms with Gasteiger partial charge in [-0.05, 0) is 64.1 Å². The van der Waals surface area contributed by atoms with Gasteiger partial charge in [0.15, 0.2) is 0 Å². The van der Waals surface area contributed by atoms with Crippen molar-refractivity contribution in [2.75, 3.05) is 37.5 Å². The molecule has 28 heavy (non-hydrogen) atoms. The summed E-state index contributed by atoms with van der Waals surface area (Å²) in [6.45, 7) is 10.2. The largest absolute Gasteiger partial charge is 0.490 e. The molecular weight excluding hydrogens is 350 g/mol. The molecule has 0 aliphatic heterocycles. The molecule has 0 spiro atoms. The molecule has 0 radical (unpaired) electrons. The molecule has 0 unspecified atom stereocenters. The summed E-state index contributed by atoms with van der Waals surface area (Å²) >= 11 is 0. The second kappa shape index (κ2) is 10.1. The van der Waals surface area contributed by atoms with Gasteiger partial charge in [-0.1, -0.05) is 12.1 Å².